The molecule has 6 nitrogen and oxygen atoms in total. The number of carbonyl (C=O) groups excluding carboxylic acids is 3. The van der Waals surface area contributed by atoms with E-state index in [9.17, 15) is 14.4 Å². The lowest BCUT2D eigenvalue weighted by atomic mass is 10.0. The second kappa shape index (κ2) is 9.56. The Morgan fingerprint density at radius 3 is 2.66 bits per heavy atom. The van der Waals surface area contributed by atoms with Crippen LogP contribution in [0, 0.1) is 0 Å². The highest BCUT2D eigenvalue weighted by atomic mass is 35.5. The van der Waals surface area contributed by atoms with E-state index >= 15 is 0 Å². The van der Waals surface area contributed by atoms with Crippen LogP contribution in [0.3, 0.4) is 0 Å². The van der Waals surface area contributed by atoms with Gasteiger partial charge in [-0.3, -0.25) is 9.59 Å². The Morgan fingerprint density at radius 1 is 1.21 bits per heavy atom. The Labute approximate surface area is 174 Å². The normalized spacial score (nSPS) is 14.6. The second-order valence-corrected chi connectivity index (χ2v) is 7.41. The molecule has 1 fully saturated rings. The molecule has 1 aliphatic rings. The van der Waals surface area contributed by atoms with Gasteiger partial charge in [0, 0.05) is 19.5 Å². The number of ether oxygens (including phenoxy) is 1. The number of nitrogens with one attached hydrogen (secondary N) is 1. The van der Waals surface area contributed by atoms with Crippen LogP contribution in [0.25, 0.3) is 0 Å². The first-order valence-corrected chi connectivity index (χ1v) is 9.92. The highest BCUT2D eigenvalue weighted by Crippen LogP contribution is 2.30. The predicted octanol–water partition coefficient (Wildman–Crippen LogP) is 3.54. The molecule has 1 saturated heterocycles. The molecule has 0 aromatic heterocycles. The molecule has 29 heavy (non-hydrogen) atoms. The molecular weight excluding hydrogens is 392 g/mol. The van der Waals surface area contributed by atoms with Crippen molar-refractivity contribution in [1.29, 1.82) is 0 Å². The van der Waals surface area contributed by atoms with Gasteiger partial charge in [-0.2, -0.15) is 0 Å². The van der Waals surface area contributed by atoms with Crippen LogP contribution in [0.15, 0.2) is 48.5 Å². The molecule has 7 heteroatoms. The highest BCUT2D eigenvalue weighted by Gasteiger charge is 2.24. The first kappa shape index (κ1) is 20.9. The van der Waals surface area contributed by atoms with Crippen molar-refractivity contribution < 1.29 is 19.1 Å². The smallest absolute Gasteiger partial charge is 0.338 e. The number of rotatable bonds is 7. The van der Waals surface area contributed by atoms with Crippen LogP contribution in [-0.4, -0.2) is 37.5 Å². The van der Waals surface area contributed by atoms with Crippen LogP contribution >= 0.6 is 11.6 Å². The van der Waals surface area contributed by atoms with E-state index in [1.807, 2.05) is 37.3 Å². The van der Waals surface area contributed by atoms with E-state index in [-0.39, 0.29) is 29.9 Å². The van der Waals surface area contributed by atoms with Crippen molar-refractivity contribution in [1.82, 2.24) is 5.32 Å². The minimum Gasteiger partial charge on any atom is -0.452 e. The van der Waals surface area contributed by atoms with Gasteiger partial charge in [0.15, 0.2) is 6.61 Å². The Kier molecular flexibility index (Phi) is 6.88. The van der Waals surface area contributed by atoms with E-state index in [0.29, 0.717) is 30.2 Å². The molecule has 1 heterocycles. The number of anilines is 1. The van der Waals surface area contributed by atoms with E-state index in [0.717, 1.165) is 12.0 Å². The monoisotopic (exact) mass is 414 g/mol. The van der Waals surface area contributed by atoms with Crippen molar-refractivity contribution in [2.75, 3.05) is 24.6 Å². The number of esters is 1. The summed E-state index contributed by atoms with van der Waals surface area (Å²) in [6, 6.07) is 14.4. The summed E-state index contributed by atoms with van der Waals surface area (Å²) in [5, 5.41) is 3.16. The zero-order valence-corrected chi connectivity index (χ0v) is 16.9. The van der Waals surface area contributed by atoms with Gasteiger partial charge in [0.2, 0.25) is 5.91 Å². The molecule has 1 aliphatic heterocycles. The summed E-state index contributed by atoms with van der Waals surface area (Å²) >= 11 is 6.19. The second-order valence-electron chi connectivity index (χ2n) is 7.01. The Morgan fingerprint density at radius 2 is 1.97 bits per heavy atom. The fourth-order valence-corrected chi connectivity index (χ4v) is 3.40. The van der Waals surface area contributed by atoms with Gasteiger partial charge < -0.3 is 15.0 Å². The van der Waals surface area contributed by atoms with E-state index < -0.39 is 5.97 Å². The number of amides is 2. The van der Waals surface area contributed by atoms with Crippen molar-refractivity contribution >= 4 is 35.1 Å². The van der Waals surface area contributed by atoms with E-state index in [2.05, 4.69) is 5.32 Å². The third-order valence-corrected chi connectivity index (χ3v) is 5.17. The Balaban J connectivity index is 1.52. The van der Waals surface area contributed by atoms with Crippen LogP contribution in [-0.2, 0) is 14.3 Å². The molecule has 0 bridgehead atoms. The van der Waals surface area contributed by atoms with Crippen LogP contribution in [0.1, 0.15) is 41.6 Å². The van der Waals surface area contributed by atoms with Crippen molar-refractivity contribution in [3.05, 3.63) is 64.7 Å². The predicted molar refractivity (Wildman–Crippen MR) is 111 cm³/mol. The van der Waals surface area contributed by atoms with E-state index in [1.54, 1.807) is 11.0 Å². The minimum atomic E-state index is -0.638. The molecule has 0 saturated carbocycles. The van der Waals surface area contributed by atoms with Crippen LogP contribution < -0.4 is 10.2 Å². The largest absolute Gasteiger partial charge is 0.452 e. The Hall–Kier alpha value is -2.86. The summed E-state index contributed by atoms with van der Waals surface area (Å²) in [6.07, 6.45) is 1.22. The number of hydrogen-bond donors (Lipinski definition) is 1. The summed E-state index contributed by atoms with van der Waals surface area (Å²) in [5.41, 5.74) is 1.86. The summed E-state index contributed by atoms with van der Waals surface area (Å²) in [6.45, 7) is 2.65. The van der Waals surface area contributed by atoms with Crippen molar-refractivity contribution in [2.24, 2.45) is 0 Å². The standard InChI is InChI=1S/C22H23ClN2O4/c1-15(16-6-3-2-4-7-16)13-24-20(26)14-29-22(28)17-9-10-18(23)19(12-17)25-11-5-8-21(25)27/h2-4,6-7,9-10,12,15H,5,8,11,13-14H2,1H3,(H,24,26)/t15-/m1/s1. The SMILES string of the molecule is C[C@H](CNC(=O)COC(=O)c1ccc(Cl)c(N2CCCC2=O)c1)c1ccccc1. The third-order valence-electron chi connectivity index (χ3n) is 4.85. The van der Waals surface area contributed by atoms with E-state index in [1.165, 1.54) is 12.1 Å². The van der Waals surface area contributed by atoms with Gasteiger partial charge in [0.1, 0.15) is 0 Å². The molecule has 152 valence electrons. The van der Waals surface area contributed by atoms with Gasteiger partial charge >= 0.3 is 5.97 Å². The number of carbonyl (C=O) groups is 3. The summed E-state index contributed by atoms with van der Waals surface area (Å²) in [5.74, 6) is -0.886. The van der Waals surface area contributed by atoms with Crippen LogP contribution in [0.2, 0.25) is 5.02 Å². The number of halogens is 1. The Bertz CT molecular complexity index is 901. The van der Waals surface area contributed by atoms with Crippen molar-refractivity contribution in [3.8, 4) is 0 Å². The van der Waals surface area contributed by atoms with Gasteiger partial charge in [-0.25, -0.2) is 4.79 Å². The lowest BCUT2D eigenvalue weighted by Gasteiger charge is -2.18. The van der Waals surface area contributed by atoms with Crippen molar-refractivity contribution in [3.63, 3.8) is 0 Å². The summed E-state index contributed by atoms with van der Waals surface area (Å²) < 4.78 is 5.11. The van der Waals surface area contributed by atoms with Crippen LogP contribution in [0.4, 0.5) is 5.69 Å². The molecule has 0 unspecified atom stereocenters. The average molecular weight is 415 g/mol. The third kappa shape index (κ3) is 5.35. The maximum atomic E-state index is 12.3. The first-order chi connectivity index (χ1) is 14.0. The van der Waals surface area contributed by atoms with Gasteiger partial charge in [0.05, 0.1) is 16.3 Å². The molecule has 2 aromatic rings. The zero-order valence-electron chi connectivity index (χ0n) is 16.2. The van der Waals surface area contributed by atoms with Gasteiger partial charge in [-0.1, -0.05) is 48.9 Å². The maximum absolute atomic E-state index is 12.3. The molecule has 0 spiro atoms. The molecule has 2 amide bonds. The van der Waals surface area contributed by atoms with Gasteiger partial charge in [0.25, 0.3) is 5.91 Å². The molecule has 2 aromatic carbocycles. The van der Waals surface area contributed by atoms with Gasteiger partial charge in [-0.05, 0) is 36.1 Å². The van der Waals surface area contributed by atoms with Crippen molar-refractivity contribution in [2.45, 2.75) is 25.7 Å². The quantitative estimate of drug-likeness (QED) is 0.703. The zero-order chi connectivity index (χ0) is 20.8. The molecule has 1 atom stereocenters. The maximum Gasteiger partial charge on any atom is 0.338 e. The summed E-state index contributed by atoms with van der Waals surface area (Å²) in [4.78, 5) is 37.9. The van der Waals surface area contributed by atoms with Gasteiger partial charge in [-0.15, -0.1) is 0 Å². The molecular formula is C22H23ClN2O4. The van der Waals surface area contributed by atoms with E-state index in [4.69, 9.17) is 16.3 Å². The topological polar surface area (TPSA) is 75.7 Å². The molecule has 0 aliphatic carbocycles. The molecule has 0 radical (unpaired) electrons. The highest BCUT2D eigenvalue weighted by molar-refractivity contribution is 6.34. The minimum absolute atomic E-state index is 0.0238. The fourth-order valence-electron chi connectivity index (χ4n) is 3.18. The molecule has 3 rings (SSSR count). The number of benzene rings is 2. The lowest BCUT2D eigenvalue weighted by Crippen LogP contribution is -2.31. The average Bonchev–Trinajstić information content (AvgIpc) is 3.16. The number of hydrogen-bond acceptors (Lipinski definition) is 4. The number of nitrogens with zero attached hydrogens (tertiary/aromatic N) is 1. The molecule has 1 N–H and O–H groups in total. The first-order valence-electron chi connectivity index (χ1n) is 9.54. The fraction of sp³-hybridized carbons (Fsp3) is 0.318. The lowest BCUT2D eigenvalue weighted by molar-refractivity contribution is -0.124. The summed E-state index contributed by atoms with van der Waals surface area (Å²) in [7, 11) is 0. The van der Waals surface area contributed by atoms with Crippen LogP contribution in [0.5, 0.6) is 0 Å².